The van der Waals surface area contributed by atoms with Crippen LogP contribution in [0.4, 0.5) is 0 Å². The average molecular weight is 631 g/mol. The minimum Gasteiger partial charge on any atom is -0.309 e. The molecular weight excluding hydrogens is 597 g/mol. The number of fused-ring (bicyclic) bond motifs is 3. The Kier molecular flexibility index (Phi) is 6.09. The third-order valence-electron chi connectivity index (χ3n) is 8.81. The van der Waals surface area contributed by atoms with Gasteiger partial charge in [-0.2, -0.15) is 0 Å². The summed E-state index contributed by atoms with van der Waals surface area (Å²) in [5, 5.41) is 1.23. The highest BCUT2D eigenvalue weighted by Gasteiger charge is 2.16. The van der Waals surface area contributed by atoms with Crippen LogP contribution in [0.1, 0.15) is 5.48 Å². The van der Waals surface area contributed by atoms with Crippen molar-refractivity contribution < 1.29 is 5.48 Å². The van der Waals surface area contributed by atoms with Gasteiger partial charge in [0.1, 0.15) is 0 Å². The summed E-state index contributed by atoms with van der Waals surface area (Å²) < 4.78 is 37.1. The fourth-order valence-corrected chi connectivity index (χ4v) is 6.45. The number of hydrogen-bond acceptors (Lipinski definition) is 3. The van der Waals surface area contributed by atoms with Gasteiger partial charge in [0.15, 0.2) is 17.5 Å². The Bertz CT molecular complexity index is 2750. The Morgan fingerprint density at radius 3 is 1.45 bits per heavy atom. The van der Waals surface area contributed by atoms with Crippen LogP contribution in [0, 0.1) is 0 Å². The SMILES string of the molecule is [2H]c1c([2H])c([2H])c2c(c1[2H])c1ccc(-c3ccccc3-c3ccccc3)cc1n2-c1ccc(-c2nc(-c3ccccc3)nc(-c3ccccc3)n2)cc1. The molecule has 0 aliphatic heterocycles. The van der Waals surface area contributed by atoms with Crippen molar-refractivity contribution in [2.45, 2.75) is 0 Å². The van der Waals surface area contributed by atoms with E-state index >= 15 is 0 Å². The summed E-state index contributed by atoms with van der Waals surface area (Å²) in [4.78, 5) is 14.6. The maximum absolute atomic E-state index is 9.06. The second kappa shape index (κ2) is 12.2. The Morgan fingerprint density at radius 1 is 0.388 bits per heavy atom. The maximum atomic E-state index is 9.06. The Balaban J connectivity index is 1.24. The number of aromatic nitrogens is 4. The van der Waals surface area contributed by atoms with Crippen LogP contribution in [-0.2, 0) is 0 Å². The zero-order valence-electron chi connectivity index (χ0n) is 30.3. The van der Waals surface area contributed by atoms with Gasteiger partial charge in [-0.25, -0.2) is 15.0 Å². The van der Waals surface area contributed by atoms with Crippen molar-refractivity contribution in [3.63, 3.8) is 0 Å². The van der Waals surface area contributed by atoms with Crippen molar-refractivity contribution in [2.75, 3.05) is 0 Å². The van der Waals surface area contributed by atoms with Gasteiger partial charge >= 0.3 is 0 Å². The summed E-state index contributed by atoms with van der Waals surface area (Å²) in [5.41, 5.74) is 8.70. The van der Waals surface area contributed by atoms with Gasteiger partial charge in [-0.1, -0.05) is 146 Å². The van der Waals surface area contributed by atoms with E-state index in [9.17, 15) is 0 Å². The van der Waals surface area contributed by atoms with Crippen molar-refractivity contribution in [1.29, 1.82) is 0 Å². The molecule has 0 fully saturated rings. The highest BCUT2D eigenvalue weighted by atomic mass is 15.0. The van der Waals surface area contributed by atoms with E-state index in [0.717, 1.165) is 55.5 Å². The predicted molar refractivity (Wildman–Crippen MR) is 201 cm³/mol. The van der Waals surface area contributed by atoms with Crippen LogP contribution in [0.2, 0.25) is 0 Å². The van der Waals surface area contributed by atoms with Crippen molar-refractivity contribution in [3.8, 4) is 62.1 Å². The number of benzene rings is 7. The molecule has 0 radical (unpaired) electrons. The van der Waals surface area contributed by atoms with Crippen LogP contribution in [0.25, 0.3) is 83.9 Å². The molecule has 0 amide bonds. The molecule has 0 saturated carbocycles. The van der Waals surface area contributed by atoms with Crippen LogP contribution in [-0.4, -0.2) is 19.5 Å². The van der Waals surface area contributed by atoms with E-state index in [1.54, 1.807) is 0 Å². The van der Waals surface area contributed by atoms with E-state index in [-0.39, 0.29) is 24.2 Å². The van der Waals surface area contributed by atoms with E-state index in [1.807, 2.05) is 132 Å². The van der Waals surface area contributed by atoms with Gasteiger partial charge in [-0.3, -0.25) is 0 Å². The molecule has 0 spiro atoms. The van der Waals surface area contributed by atoms with Crippen molar-refractivity contribution in [3.05, 3.63) is 182 Å². The van der Waals surface area contributed by atoms with Gasteiger partial charge in [-0.05, 0) is 58.6 Å². The molecule has 0 aliphatic rings. The number of nitrogens with zero attached hydrogens (tertiary/aromatic N) is 4. The second-order valence-electron chi connectivity index (χ2n) is 11.8. The summed E-state index contributed by atoms with van der Waals surface area (Å²) in [7, 11) is 0. The summed E-state index contributed by atoms with van der Waals surface area (Å²) in [5.74, 6) is 1.66. The van der Waals surface area contributed by atoms with Crippen LogP contribution < -0.4 is 0 Å². The summed E-state index contributed by atoms with van der Waals surface area (Å²) in [6, 6.07) is 51.4. The highest BCUT2D eigenvalue weighted by molar-refractivity contribution is 6.10. The molecule has 0 aliphatic carbocycles. The van der Waals surface area contributed by atoms with Crippen molar-refractivity contribution >= 4 is 21.8 Å². The van der Waals surface area contributed by atoms with E-state index in [0.29, 0.717) is 28.4 Å². The summed E-state index contributed by atoms with van der Waals surface area (Å²) >= 11 is 0. The molecule has 9 aromatic rings. The number of rotatable bonds is 6. The monoisotopic (exact) mass is 630 g/mol. The fourth-order valence-electron chi connectivity index (χ4n) is 6.45. The third-order valence-corrected chi connectivity index (χ3v) is 8.81. The molecule has 49 heavy (non-hydrogen) atoms. The van der Waals surface area contributed by atoms with Crippen LogP contribution in [0.5, 0.6) is 0 Å². The molecule has 0 unspecified atom stereocenters. The van der Waals surface area contributed by atoms with Gasteiger partial charge in [0.2, 0.25) is 0 Å². The van der Waals surface area contributed by atoms with Crippen LogP contribution >= 0.6 is 0 Å². The quantitative estimate of drug-likeness (QED) is 0.184. The molecule has 2 aromatic heterocycles. The van der Waals surface area contributed by atoms with Gasteiger partial charge in [-0.15, -0.1) is 0 Å². The van der Waals surface area contributed by atoms with Gasteiger partial charge in [0.05, 0.1) is 16.5 Å². The van der Waals surface area contributed by atoms with E-state index < -0.39 is 0 Å². The normalized spacial score (nSPS) is 12.4. The minimum atomic E-state index is -0.273. The molecular formula is C45H30N4. The lowest BCUT2D eigenvalue weighted by atomic mass is 9.94. The Morgan fingerprint density at radius 2 is 0.857 bits per heavy atom. The molecule has 7 aromatic carbocycles. The lowest BCUT2D eigenvalue weighted by molar-refractivity contribution is 1.07. The Labute approximate surface area is 290 Å². The molecule has 9 rings (SSSR count). The number of hydrogen-bond donors (Lipinski definition) is 0. The first-order chi connectivity index (χ1) is 26.0. The third kappa shape index (κ3) is 5.26. The Hall–Kier alpha value is -6.65. The minimum absolute atomic E-state index is 0.0640. The fraction of sp³-hybridized carbons (Fsp3) is 0. The highest BCUT2D eigenvalue weighted by Crippen LogP contribution is 2.38. The lowest BCUT2D eigenvalue weighted by Gasteiger charge is -2.13. The smallest absolute Gasteiger partial charge is 0.164 e. The largest absolute Gasteiger partial charge is 0.309 e. The molecule has 0 saturated heterocycles. The molecule has 0 bridgehead atoms. The molecule has 0 N–H and O–H groups in total. The average Bonchev–Trinajstić information content (AvgIpc) is 3.58. The first-order valence-electron chi connectivity index (χ1n) is 18.1. The lowest BCUT2D eigenvalue weighted by Crippen LogP contribution is -2.00. The molecule has 4 nitrogen and oxygen atoms in total. The van der Waals surface area contributed by atoms with Gasteiger partial charge < -0.3 is 4.57 Å². The van der Waals surface area contributed by atoms with Crippen LogP contribution in [0.3, 0.4) is 0 Å². The molecule has 4 heteroatoms. The zero-order valence-corrected chi connectivity index (χ0v) is 26.3. The molecule has 2 heterocycles. The standard InChI is InChI=1S/C45H30N4/c1-4-14-31(15-5-1)37-20-10-11-21-38(37)35-26-29-40-39-22-12-13-23-41(39)49(42(40)30-35)36-27-24-34(25-28-36)45-47-43(32-16-6-2-7-17-32)46-44(48-45)33-18-8-3-9-19-33/h1-30H/i12D,13D,22D,23D. The first-order valence-corrected chi connectivity index (χ1v) is 16.1. The van der Waals surface area contributed by atoms with E-state index in [2.05, 4.69) is 30.3 Å². The van der Waals surface area contributed by atoms with E-state index in [4.69, 9.17) is 20.4 Å². The van der Waals surface area contributed by atoms with Gasteiger partial charge in [0.25, 0.3) is 0 Å². The number of para-hydroxylation sites is 1. The molecule has 0 atom stereocenters. The summed E-state index contributed by atoms with van der Waals surface area (Å²) in [6.45, 7) is 0. The topological polar surface area (TPSA) is 43.6 Å². The van der Waals surface area contributed by atoms with E-state index in [1.165, 1.54) is 0 Å². The first kappa shape index (κ1) is 24.5. The zero-order chi connectivity index (χ0) is 36.1. The summed E-state index contributed by atoms with van der Waals surface area (Å²) in [6.07, 6.45) is 0. The van der Waals surface area contributed by atoms with Crippen molar-refractivity contribution in [2.24, 2.45) is 0 Å². The predicted octanol–water partition coefficient (Wildman–Crippen LogP) is 11.3. The van der Waals surface area contributed by atoms with Gasteiger partial charge in [0, 0.05) is 33.2 Å². The van der Waals surface area contributed by atoms with Crippen LogP contribution in [0.15, 0.2) is 182 Å². The molecule has 230 valence electrons. The van der Waals surface area contributed by atoms with Crippen molar-refractivity contribution in [1.82, 2.24) is 19.5 Å². The maximum Gasteiger partial charge on any atom is 0.164 e. The second-order valence-corrected chi connectivity index (χ2v) is 11.8.